The van der Waals surface area contributed by atoms with Crippen LogP contribution in [0.2, 0.25) is 0 Å². The Morgan fingerprint density at radius 3 is 2.90 bits per heavy atom. The van der Waals surface area contributed by atoms with Crippen LogP contribution in [-0.4, -0.2) is 49.7 Å². The van der Waals surface area contributed by atoms with E-state index in [1.165, 1.54) is 0 Å². The number of hydrogen-bond acceptors (Lipinski definition) is 3. The van der Waals surface area contributed by atoms with E-state index >= 15 is 0 Å². The summed E-state index contributed by atoms with van der Waals surface area (Å²) in [4.78, 5) is 2.38. The molecule has 1 aliphatic heterocycles. The van der Waals surface area contributed by atoms with Crippen molar-refractivity contribution in [3.05, 3.63) is 29.8 Å². The van der Waals surface area contributed by atoms with Gasteiger partial charge in [-0.1, -0.05) is 18.8 Å². The minimum absolute atomic E-state index is 0.152. The van der Waals surface area contributed by atoms with Crippen molar-refractivity contribution in [1.82, 2.24) is 4.90 Å². The summed E-state index contributed by atoms with van der Waals surface area (Å²) < 4.78 is 11.5. The van der Waals surface area contributed by atoms with Crippen LogP contribution in [0.1, 0.15) is 12.5 Å². The van der Waals surface area contributed by atoms with E-state index in [1.54, 1.807) is 0 Å². The van der Waals surface area contributed by atoms with Gasteiger partial charge in [-0.3, -0.25) is 4.90 Å². The third-order valence-electron chi connectivity index (χ3n) is 3.26. The van der Waals surface area contributed by atoms with Gasteiger partial charge in [-0.05, 0) is 30.8 Å². The van der Waals surface area contributed by atoms with Gasteiger partial charge < -0.3 is 9.47 Å². The molecule has 1 atom stereocenters. The van der Waals surface area contributed by atoms with Crippen LogP contribution in [0.3, 0.4) is 0 Å². The normalized spacial score (nSPS) is 19.2. The third kappa shape index (κ3) is 4.72. The van der Waals surface area contributed by atoms with Gasteiger partial charge >= 0.3 is 0 Å². The highest BCUT2D eigenvalue weighted by molar-refractivity contribution is 6.19. The Bertz CT molecular complexity index is 464. The summed E-state index contributed by atoms with van der Waals surface area (Å²) in [5.74, 6) is 7.00. The van der Waals surface area contributed by atoms with Crippen molar-refractivity contribution in [3.63, 3.8) is 0 Å². The molecule has 0 amide bonds. The molecule has 1 fully saturated rings. The summed E-state index contributed by atoms with van der Waals surface area (Å²) in [6.45, 7) is 6.56. The molecule has 108 valence electrons. The molecule has 4 heteroatoms. The summed E-state index contributed by atoms with van der Waals surface area (Å²) in [6, 6.07) is 7.74. The number of rotatable bonds is 4. The molecule has 3 nitrogen and oxygen atoms in total. The predicted molar refractivity (Wildman–Crippen MR) is 81.4 cm³/mol. The van der Waals surface area contributed by atoms with Crippen LogP contribution in [0.15, 0.2) is 24.3 Å². The van der Waals surface area contributed by atoms with Gasteiger partial charge in [0.15, 0.2) is 0 Å². The zero-order valence-electron chi connectivity index (χ0n) is 11.8. The Morgan fingerprint density at radius 1 is 1.40 bits per heavy atom. The summed E-state index contributed by atoms with van der Waals surface area (Å²) in [7, 11) is 0. The quantitative estimate of drug-likeness (QED) is 0.628. The smallest absolute Gasteiger partial charge is 0.119 e. The van der Waals surface area contributed by atoms with Gasteiger partial charge in [-0.25, -0.2) is 0 Å². The van der Waals surface area contributed by atoms with Crippen LogP contribution in [0.4, 0.5) is 0 Å². The molecule has 1 unspecified atom stereocenters. The molecule has 0 aromatic heterocycles. The highest BCUT2D eigenvalue weighted by atomic mass is 35.5. The number of ether oxygens (including phenoxy) is 2. The third-order valence-corrected chi connectivity index (χ3v) is 3.39. The zero-order valence-corrected chi connectivity index (χ0v) is 12.5. The molecule has 1 heterocycles. The Balaban J connectivity index is 1.81. The average Bonchev–Trinajstić information content (AvgIpc) is 2.52. The van der Waals surface area contributed by atoms with E-state index in [0.29, 0.717) is 12.5 Å². The molecule has 0 aliphatic carbocycles. The lowest BCUT2D eigenvalue weighted by atomic mass is 10.2. The number of likely N-dealkylation sites (N-methyl/N-ethyl adjacent to an activating group) is 1. The van der Waals surface area contributed by atoms with Gasteiger partial charge in [0.2, 0.25) is 0 Å². The molecule has 0 saturated carbocycles. The van der Waals surface area contributed by atoms with E-state index in [1.807, 2.05) is 24.3 Å². The fourth-order valence-corrected chi connectivity index (χ4v) is 2.19. The number of halogens is 1. The van der Waals surface area contributed by atoms with E-state index in [2.05, 4.69) is 23.7 Å². The second-order valence-corrected chi connectivity index (χ2v) is 4.92. The number of nitrogens with zero attached hydrogens (tertiary/aromatic N) is 1. The van der Waals surface area contributed by atoms with Gasteiger partial charge in [0.25, 0.3) is 0 Å². The fourth-order valence-electron chi connectivity index (χ4n) is 2.13. The first-order valence-corrected chi connectivity index (χ1v) is 7.47. The van der Waals surface area contributed by atoms with Gasteiger partial charge in [0.1, 0.15) is 18.5 Å². The van der Waals surface area contributed by atoms with E-state index in [-0.39, 0.29) is 6.10 Å². The summed E-state index contributed by atoms with van der Waals surface area (Å²) in [6.07, 6.45) is 0.152. The van der Waals surface area contributed by atoms with E-state index in [0.717, 1.165) is 37.6 Å². The van der Waals surface area contributed by atoms with Crippen LogP contribution in [0, 0.1) is 11.8 Å². The van der Waals surface area contributed by atoms with Gasteiger partial charge in [-0.15, -0.1) is 11.6 Å². The standard InChI is InChI=1S/C16H20ClNO2/c1-2-18-10-11-19-16(12-18)13-20-15-7-5-14(6-8-15)4-3-9-17/h5-8,16H,2,9-13H2,1H3. The molecule has 1 aromatic carbocycles. The number of benzene rings is 1. The summed E-state index contributed by atoms with van der Waals surface area (Å²) >= 11 is 5.53. The first kappa shape index (κ1) is 15.2. The Labute approximate surface area is 125 Å². The molecule has 0 bridgehead atoms. The molecule has 0 N–H and O–H groups in total. The molecular weight excluding hydrogens is 274 g/mol. The molecule has 20 heavy (non-hydrogen) atoms. The second-order valence-electron chi connectivity index (χ2n) is 4.66. The lowest BCUT2D eigenvalue weighted by Crippen LogP contribution is -2.44. The minimum atomic E-state index is 0.152. The average molecular weight is 294 g/mol. The second kappa shape index (κ2) is 8.16. The van der Waals surface area contributed by atoms with E-state index < -0.39 is 0 Å². The maximum absolute atomic E-state index is 5.77. The van der Waals surface area contributed by atoms with Crippen molar-refractivity contribution in [2.24, 2.45) is 0 Å². The number of morpholine rings is 1. The molecule has 1 saturated heterocycles. The van der Waals surface area contributed by atoms with Crippen LogP contribution < -0.4 is 4.74 Å². The first-order chi connectivity index (χ1) is 9.81. The van der Waals surface area contributed by atoms with Crippen molar-refractivity contribution >= 4 is 11.6 Å². The van der Waals surface area contributed by atoms with E-state index in [4.69, 9.17) is 21.1 Å². The molecule has 1 aromatic rings. The molecule has 2 rings (SSSR count). The van der Waals surface area contributed by atoms with Gasteiger partial charge in [0.05, 0.1) is 12.5 Å². The minimum Gasteiger partial charge on any atom is -0.491 e. The largest absolute Gasteiger partial charge is 0.491 e. The monoisotopic (exact) mass is 293 g/mol. The Morgan fingerprint density at radius 2 is 2.20 bits per heavy atom. The van der Waals surface area contributed by atoms with Crippen molar-refractivity contribution in [2.45, 2.75) is 13.0 Å². The van der Waals surface area contributed by atoms with Crippen LogP contribution in [0.25, 0.3) is 0 Å². The number of alkyl halides is 1. The lowest BCUT2D eigenvalue weighted by molar-refractivity contribution is -0.0464. The summed E-state index contributed by atoms with van der Waals surface area (Å²) in [5, 5.41) is 0. The van der Waals surface area contributed by atoms with Crippen LogP contribution in [-0.2, 0) is 4.74 Å². The molecule has 1 aliphatic rings. The van der Waals surface area contributed by atoms with Crippen molar-refractivity contribution in [1.29, 1.82) is 0 Å². The SMILES string of the molecule is CCN1CCOC(COc2ccc(C#CCCl)cc2)C1. The maximum Gasteiger partial charge on any atom is 0.119 e. The lowest BCUT2D eigenvalue weighted by Gasteiger charge is -2.31. The predicted octanol–water partition coefficient (Wildman–Crippen LogP) is 2.38. The van der Waals surface area contributed by atoms with Crippen molar-refractivity contribution in [2.75, 3.05) is 38.7 Å². The van der Waals surface area contributed by atoms with Crippen LogP contribution in [0.5, 0.6) is 5.75 Å². The Hall–Kier alpha value is -1.21. The zero-order chi connectivity index (χ0) is 14.2. The van der Waals surface area contributed by atoms with Gasteiger partial charge in [-0.2, -0.15) is 0 Å². The maximum atomic E-state index is 5.77. The topological polar surface area (TPSA) is 21.7 Å². The summed E-state index contributed by atoms with van der Waals surface area (Å²) in [5.41, 5.74) is 0.948. The molecular formula is C16H20ClNO2. The van der Waals surface area contributed by atoms with Crippen LogP contribution >= 0.6 is 11.6 Å². The van der Waals surface area contributed by atoms with E-state index in [9.17, 15) is 0 Å². The number of hydrogen-bond donors (Lipinski definition) is 0. The fraction of sp³-hybridized carbons (Fsp3) is 0.500. The van der Waals surface area contributed by atoms with Crippen molar-refractivity contribution in [3.8, 4) is 17.6 Å². The highest BCUT2D eigenvalue weighted by Crippen LogP contribution is 2.13. The first-order valence-electron chi connectivity index (χ1n) is 6.93. The Kier molecular flexibility index (Phi) is 6.20. The van der Waals surface area contributed by atoms with Crippen molar-refractivity contribution < 1.29 is 9.47 Å². The van der Waals surface area contributed by atoms with Gasteiger partial charge in [0, 0.05) is 18.7 Å². The molecule has 0 radical (unpaired) electrons. The molecule has 0 spiro atoms. The highest BCUT2D eigenvalue weighted by Gasteiger charge is 2.19.